The smallest absolute Gasteiger partial charge is 0.360 e. The number of benzene rings is 2. The maximum absolute atomic E-state index is 14.0. The van der Waals surface area contributed by atoms with E-state index in [1.54, 1.807) is 20.8 Å². The minimum Gasteiger partial charge on any atom is -0.469 e. The number of Topliss-reactive ketones (excluding diaryl/α,β-unsaturated/α-hetero) is 1. The molecule has 12 heteroatoms. The van der Waals surface area contributed by atoms with Gasteiger partial charge in [0.25, 0.3) is 0 Å². The van der Waals surface area contributed by atoms with E-state index in [1.165, 1.54) is 6.26 Å². The normalized spacial score (nSPS) is 22.9. The zero-order chi connectivity index (χ0) is 33.9. The molecule has 7 rings (SSSR count). The standard InChI is InChI=1S/C36H38N4O8/c1-6-45-34(44)24-16-46-32(37-24)28-30-36-21-9-7-8-10-23(21)38-35(36)47-26-12-11-19(14-22(26)36)13-20(15-25(41)29(42)18(4)5)31(43)39-27(17(2)3)33(40-28)48-30/h7-12,14,16-18,20,27,29,35,38,42H,6,13,15H2,1-5H3,(H,39,43)/t20-,27+,29+,35+,36?/m1/s1. The molecule has 1 unspecified atom stereocenters. The highest BCUT2D eigenvalue weighted by molar-refractivity contribution is 5.90. The number of para-hydroxylation sites is 1. The molecule has 2 aromatic carbocycles. The molecule has 0 fully saturated rings. The number of aliphatic hydroxyl groups is 1. The Labute approximate surface area is 277 Å². The van der Waals surface area contributed by atoms with Crippen molar-refractivity contribution in [2.75, 3.05) is 11.9 Å². The molecular formula is C36H38N4O8. The average Bonchev–Trinajstić information content (AvgIpc) is 3.83. The minimum atomic E-state index is -1.18. The van der Waals surface area contributed by atoms with Gasteiger partial charge in [0.2, 0.25) is 17.7 Å². The quantitative estimate of drug-likeness (QED) is 0.220. The van der Waals surface area contributed by atoms with Crippen LogP contribution < -0.4 is 15.4 Å². The van der Waals surface area contributed by atoms with Crippen molar-refractivity contribution < 1.29 is 37.8 Å². The zero-order valence-corrected chi connectivity index (χ0v) is 27.4. The summed E-state index contributed by atoms with van der Waals surface area (Å²) in [5.74, 6) is -1.42. The molecule has 1 amide bonds. The lowest BCUT2D eigenvalue weighted by Gasteiger charge is -2.28. The van der Waals surface area contributed by atoms with Crippen LogP contribution in [0.4, 0.5) is 5.69 Å². The van der Waals surface area contributed by atoms with Crippen LogP contribution in [0, 0.1) is 17.8 Å². The number of anilines is 1. The second kappa shape index (κ2) is 11.9. The van der Waals surface area contributed by atoms with Crippen LogP contribution in [0.1, 0.15) is 85.9 Å². The van der Waals surface area contributed by atoms with E-state index in [0.29, 0.717) is 11.5 Å². The van der Waals surface area contributed by atoms with Crippen molar-refractivity contribution in [1.29, 1.82) is 0 Å². The lowest BCUT2D eigenvalue weighted by molar-refractivity contribution is -0.135. The number of aromatic nitrogens is 2. The van der Waals surface area contributed by atoms with Crippen LogP contribution >= 0.6 is 0 Å². The molecule has 3 aliphatic heterocycles. The average molecular weight is 655 g/mol. The molecule has 3 N–H and O–H groups in total. The number of oxazole rings is 2. The molecule has 0 aliphatic carbocycles. The molecule has 4 aromatic rings. The van der Waals surface area contributed by atoms with Gasteiger partial charge >= 0.3 is 5.97 Å². The van der Waals surface area contributed by atoms with Gasteiger partial charge in [-0.2, -0.15) is 0 Å². The Morgan fingerprint density at radius 2 is 1.88 bits per heavy atom. The highest BCUT2D eigenvalue weighted by Gasteiger charge is 2.61. The van der Waals surface area contributed by atoms with Crippen molar-refractivity contribution in [3.63, 3.8) is 0 Å². The van der Waals surface area contributed by atoms with Crippen LogP contribution in [0.5, 0.6) is 5.75 Å². The van der Waals surface area contributed by atoms with E-state index in [1.807, 2.05) is 56.3 Å². The third-order valence-corrected chi connectivity index (χ3v) is 9.43. The molecule has 4 bridgehead atoms. The summed E-state index contributed by atoms with van der Waals surface area (Å²) in [5, 5.41) is 17.2. The Morgan fingerprint density at radius 1 is 1.08 bits per heavy atom. The van der Waals surface area contributed by atoms with Gasteiger partial charge in [-0.25, -0.2) is 14.8 Å². The van der Waals surface area contributed by atoms with E-state index >= 15 is 0 Å². The number of carbonyl (C=O) groups is 3. The number of aliphatic hydroxyl groups excluding tert-OH is 1. The third-order valence-electron chi connectivity index (χ3n) is 9.43. The van der Waals surface area contributed by atoms with Crippen molar-refractivity contribution in [1.82, 2.24) is 15.3 Å². The van der Waals surface area contributed by atoms with Gasteiger partial charge in [0.1, 0.15) is 29.6 Å². The van der Waals surface area contributed by atoms with E-state index in [4.69, 9.17) is 23.3 Å². The van der Waals surface area contributed by atoms with Crippen LogP contribution in [-0.4, -0.2) is 51.7 Å². The summed E-state index contributed by atoms with van der Waals surface area (Å²) in [6, 6.07) is 12.9. The minimum absolute atomic E-state index is 0.0190. The lowest BCUT2D eigenvalue weighted by Crippen LogP contribution is -2.41. The fourth-order valence-corrected chi connectivity index (χ4v) is 6.98. The molecule has 0 saturated carbocycles. The number of ketones is 1. The van der Waals surface area contributed by atoms with Crippen LogP contribution in [0.25, 0.3) is 11.6 Å². The molecule has 250 valence electrons. The van der Waals surface area contributed by atoms with E-state index < -0.39 is 41.5 Å². The highest BCUT2D eigenvalue weighted by atomic mass is 16.5. The monoisotopic (exact) mass is 654 g/mol. The van der Waals surface area contributed by atoms with Gasteiger partial charge in [0, 0.05) is 23.6 Å². The number of hydrogen-bond donors (Lipinski definition) is 3. The number of hydrogen-bond acceptors (Lipinski definition) is 11. The zero-order valence-electron chi connectivity index (χ0n) is 27.4. The van der Waals surface area contributed by atoms with Crippen molar-refractivity contribution in [2.45, 2.75) is 71.2 Å². The molecule has 48 heavy (non-hydrogen) atoms. The molecule has 0 saturated heterocycles. The first-order chi connectivity index (χ1) is 23.0. The molecule has 0 radical (unpaired) electrons. The van der Waals surface area contributed by atoms with Gasteiger partial charge < -0.3 is 34.0 Å². The Kier molecular flexibility index (Phi) is 7.86. The summed E-state index contributed by atoms with van der Waals surface area (Å²) in [6.45, 7) is 9.27. The SMILES string of the molecule is CCOC(=O)c1coc(-c2nc3oc2C24c5ccccc5N[C@H]2Oc2ccc(cc24)C[C@H](CC(=O)[C@@H](O)C(C)C)C(=O)N[C@H]3C(C)C)n1. The summed E-state index contributed by atoms with van der Waals surface area (Å²) in [5.41, 5.74) is 2.45. The first kappa shape index (κ1) is 31.6. The third kappa shape index (κ3) is 4.97. The van der Waals surface area contributed by atoms with Crippen molar-refractivity contribution in [3.8, 4) is 17.3 Å². The molecule has 5 atom stereocenters. The van der Waals surface area contributed by atoms with Gasteiger partial charge in [-0.3, -0.25) is 9.59 Å². The second-order valence-electron chi connectivity index (χ2n) is 13.3. The van der Waals surface area contributed by atoms with E-state index in [9.17, 15) is 19.5 Å². The van der Waals surface area contributed by atoms with Gasteiger partial charge in [0.05, 0.1) is 6.61 Å². The van der Waals surface area contributed by atoms with Gasteiger partial charge in [-0.15, -0.1) is 0 Å². The number of rotatable bonds is 8. The Balaban J connectivity index is 1.46. The lowest BCUT2D eigenvalue weighted by atomic mass is 9.72. The number of nitrogens with zero attached hydrogens (tertiary/aromatic N) is 2. The Bertz CT molecular complexity index is 1910. The molecule has 1 spiro atoms. The first-order valence-corrected chi connectivity index (χ1v) is 16.3. The highest BCUT2D eigenvalue weighted by Crippen LogP contribution is 2.59. The van der Waals surface area contributed by atoms with E-state index in [2.05, 4.69) is 15.6 Å². The van der Waals surface area contributed by atoms with Gasteiger partial charge in [-0.1, -0.05) is 58.0 Å². The maximum atomic E-state index is 14.0. The Hall–Kier alpha value is -4.97. The van der Waals surface area contributed by atoms with Crippen molar-refractivity contribution in [3.05, 3.63) is 82.8 Å². The summed E-state index contributed by atoms with van der Waals surface area (Å²) in [7, 11) is 0. The topological polar surface area (TPSA) is 166 Å². The van der Waals surface area contributed by atoms with Crippen LogP contribution in [0.2, 0.25) is 0 Å². The largest absolute Gasteiger partial charge is 0.469 e. The van der Waals surface area contributed by atoms with Crippen LogP contribution in [0.3, 0.4) is 0 Å². The van der Waals surface area contributed by atoms with Gasteiger partial charge in [-0.05, 0) is 48.4 Å². The number of carbonyl (C=O) groups excluding carboxylic acids is 3. The predicted molar refractivity (Wildman–Crippen MR) is 172 cm³/mol. The summed E-state index contributed by atoms with van der Waals surface area (Å²) < 4.78 is 24.4. The summed E-state index contributed by atoms with van der Waals surface area (Å²) in [4.78, 5) is 49.2. The number of fused-ring (bicyclic) bond motifs is 4. The predicted octanol–water partition coefficient (Wildman–Crippen LogP) is 4.95. The molecule has 12 nitrogen and oxygen atoms in total. The van der Waals surface area contributed by atoms with Crippen molar-refractivity contribution >= 4 is 23.3 Å². The first-order valence-electron chi connectivity index (χ1n) is 16.3. The number of ether oxygens (including phenoxy) is 2. The van der Waals surface area contributed by atoms with E-state index in [-0.39, 0.29) is 60.4 Å². The number of esters is 1. The number of nitrogens with one attached hydrogen (secondary N) is 2. The number of amides is 1. The van der Waals surface area contributed by atoms with Crippen LogP contribution in [0.15, 0.2) is 57.6 Å². The van der Waals surface area contributed by atoms with Crippen molar-refractivity contribution in [2.24, 2.45) is 17.8 Å². The summed E-state index contributed by atoms with van der Waals surface area (Å²) >= 11 is 0. The fourth-order valence-electron chi connectivity index (χ4n) is 6.98. The molecule has 2 aromatic heterocycles. The molecular weight excluding hydrogens is 616 g/mol. The second-order valence-corrected chi connectivity index (χ2v) is 13.3. The molecule has 5 heterocycles. The van der Waals surface area contributed by atoms with Gasteiger partial charge in [0.15, 0.2) is 29.2 Å². The molecule has 3 aliphatic rings. The fraction of sp³-hybridized carbons (Fsp3) is 0.417. The Morgan fingerprint density at radius 3 is 2.62 bits per heavy atom. The van der Waals surface area contributed by atoms with E-state index in [0.717, 1.165) is 22.4 Å². The summed E-state index contributed by atoms with van der Waals surface area (Å²) in [6.07, 6.45) is -0.500. The maximum Gasteiger partial charge on any atom is 0.360 e. The van der Waals surface area contributed by atoms with Crippen LogP contribution in [-0.2, 0) is 26.2 Å².